The van der Waals surface area contributed by atoms with Crippen LogP contribution in [0.25, 0.3) is 10.8 Å². The molecule has 0 radical (unpaired) electrons. The summed E-state index contributed by atoms with van der Waals surface area (Å²) >= 11 is 0. The van der Waals surface area contributed by atoms with Gasteiger partial charge in [0.25, 0.3) is 0 Å². The number of methoxy groups -OCH3 is 1. The van der Waals surface area contributed by atoms with E-state index in [0.29, 0.717) is 12.0 Å². The molecule has 0 saturated carbocycles. The summed E-state index contributed by atoms with van der Waals surface area (Å²) in [7, 11) is 1.60. The van der Waals surface area contributed by atoms with E-state index in [4.69, 9.17) is 4.74 Å². The first-order chi connectivity index (χ1) is 9.51. The van der Waals surface area contributed by atoms with Gasteiger partial charge in [-0.25, -0.2) is 4.79 Å². The molecule has 2 rings (SSSR count). The first kappa shape index (κ1) is 14.3. The summed E-state index contributed by atoms with van der Waals surface area (Å²) in [6.45, 7) is 1.85. The number of carbonyl (C=O) groups is 1. The van der Waals surface area contributed by atoms with Crippen LogP contribution in [0.15, 0.2) is 36.4 Å². The molecule has 4 nitrogen and oxygen atoms in total. The molecule has 2 aromatic carbocycles. The number of carboxylic acids is 1. The maximum atomic E-state index is 11.4. The molecular weight excluding hydrogens is 256 g/mol. The first-order valence-corrected chi connectivity index (χ1v) is 6.55. The van der Waals surface area contributed by atoms with Crippen molar-refractivity contribution in [1.29, 1.82) is 0 Å². The van der Waals surface area contributed by atoms with Crippen molar-refractivity contribution < 1.29 is 19.7 Å². The number of carboxylic acid groups (broad SMARTS) is 1. The third kappa shape index (κ3) is 2.47. The van der Waals surface area contributed by atoms with E-state index in [2.05, 4.69) is 0 Å². The zero-order chi connectivity index (χ0) is 14.8. The highest BCUT2D eigenvalue weighted by molar-refractivity contribution is 5.87. The van der Waals surface area contributed by atoms with Gasteiger partial charge in [0.1, 0.15) is 5.75 Å². The number of benzene rings is 2. The van der Waals surface area contributed by atoms with Crippen molar-refractivity contribution in [2.24, 2.45) is 0 Å². The van der Waals surface area contributed by atoms with Gasteiger partial charge in [-0.05, 0) is 41.0 Å². The Morgan fingerprint density at radius 3 is 2.45 bits per heavy atom. The highest BCUT2D eigenvalue weighted by Gasteiger charge is 2.37. The van der Waals surface area contributed by atoms with Gasteiger partial charge in [-0.1, -0.05) is 31.5 Å². The number of aliphatic hydroxyl groups is 1. The number of hydrogen-bond donors (Lipinski definition) is 2. The van der Waals surface area contributed by atoms with Crippen LogP contribution in [-0.4, -0.2) is 23.3 Å². The maximum Gasteiger partial charge on any atom is 0.340 e. The molecule has 0 spiro atoms. The summed E-state index contributed by atoms with van der Waals surface area (Å²) in [6.07, 6.45) is 0.771. The summed E-state index contributed by atoms with van der Waals surface area (Å²) in [5.41, 5.74) is -1.42. The highest BCUT2D eigenvalue weighted by Crippen LogP contribution is 2.30. The van der Waals surface area contributed by atoms with E-state index in [1.54, 1.807) is 25.3 Å². The Morgan fingerprint density at radius 1 is 1.20 bits per heavy atom. The van der Waals surface area contributed by atoms with Crippen molar-refractivity contribution in [3.05, 3.63) is 42.0 Å². The van der Waals surface area contributed by atoms with Crippen LogP contribution in [0.5, 0.6) is 5.75 Å². The van der Waals surface area contributed by atoms with E-state index in [-0.39, 0.29) is 6.42 Å². The quantitative estimate of drug-likeness (QED) is 0.879. The third-order valence-corrected chi connectivity index (χ3v) is 3.49. The van der Waals surface area contributed by atoms with Crippen LogP contribution in [0.4, 0.5) is 0 Å². The first-order valence-electron chi connectivity index (χ1n) is 6.55. The lowest BCUT2D eigenvalue weighted by Crippen LogP contribution is -2.35. The summed E-state index contributed by atoms with van der Waals surface area (Å²) in [6, 6.07) is 10.7. The van der Waals surface area contributed by atoms with Crippen molar-refractivity contribution in [1.82, 2.24) is 0 Å². The predicted octanol–water partition coefficient (Wildman–Crippen LogP) is 2.92. The SMILES string of the molecule is CCCC(O)(C(=O)O)c1ccc2cc(OC)ccc2c1. The third-order valence-electron chi connectivity index (χ3n) is 3.49. The van der Waals surface area contributed by atoms with Gasteiger partial charge in [0.15, 0.2) is 5.60 Å². The fourth-order valence-corrected chi connectivity index (χ4v) is 2.34. The second kappa shape index (κ2) is 5.51. The van der Waals surface area contributed by atoms with Crippen LogP contribution >= 0.6 is 0 Å². The van der Waals surface area contributed by atoms with Crippen LogP contribution in [0.1, 0.15) is 25.3 Å². The minimum absolute atomic E-state index is 0.185. The summed E-state index contributed by atoms with van der Waals surface area (Å²) in [4.78, 5) is 11.4. The minimum Gasteiger partial charge on any atom is -0.497 e. The van der Waals surface area contributed by atoms with E-state index in [1.807, 2.05) is 25.1 Å². The van der Waals surface area contributed by atoms with Crippen LogP contribution < -0.4 is 4.74 Å². The number of aliphatic carboxylic acids is 1. The molecule has 0 bridgehead atoms. The molecule has 0 fully saturated rings. The molecule has 4 heteroatoms. The highest BCUT2D eigenvalue weighted by atomic mass is 16.5. The molecule has 0 saturated heterocycles. The van der Waals surface area contributed by atoms with Gasteiger partial charge in [0.05, 0.1) is 7.11 Å². The van der Waals surface area contributed by atoms with Gasteiger partial charge in [-0.3, -0.25) is 0 Å². The zero-order valence-corrected chi connectivity index (χ0v) is 11.6. The fraction of sp³-hybridized carbons (Fsp3) is 0.312. The molecule has 0 amide bonds. The Hall–Kier alpha value is -2.07. The molecule has 1 unspecified atom stereocenters. The van der Waals surface area contributed by atoms with Crippen molar-refractivity contribution in [2.45, 2.75) is 25.4 Å². The van der Waals surface area contributed by atoms with Gasteiger partial charge < -0.3 is 14.9 Å². The van der Waals surface area contributed by atoms with Gasteiger partial charge in [0, 0.05) is 0 Å². The van der Waals surface area contributed by atoms with Crippen molar-refractivity contribution in [3.8, 4) is 5.75 Å². The van der Waals surface area contributed by atoms with Crippen LogP contribution in [0.3, 0.4) is 0 Å². The van der Waals surface area contributed by atoms with E-state index in [9.17, 15) is 15.0 Å². The number of hydrogen-bond acceptors (Lipinski definition) is 3. The van der Waals surface area contributed by atoms with E-state index in [0.717, 1.165) is 16.5 Å². The lowest BCUT2D eigenvalue weighted by Gasteiger charge is -2.23. The Bertz CT molecular complexity index is 635. The zero-order valence-electron chi connectivity index (χ0n) is 11.6. The number of fused-ring (bicyclic) bond motifs is 1. The lowest BCUT2D eigenvalue weighted by molar-refractivity contribution is -0.160. The number of rotatable bonds is 5. The molecule has 1 atom stereocenters. The van der Waals surface area contributed by atoms with E-state index in [1.165, 1.54) is 0 Å². The Kier molecular flexibility index (Phi) is 3.95. The van der Waals surface area contributed by atoms with Crippen LogP contribution in [0, 0.1) is 0 Å². The molecule has 0 aliphatic rings. The average Bonchev–Trinajstić information content (AvgIpc) is 2.46. The fourth-order valence-electron chi connectivity index (χ4n) is 2.34. The van der Waals surface area contributed by atoms with Crippen molar-refractivity contribution >= 4 is 16.7 Å². The van der Waals surface area contributed by atoms with Crippen LogP contribution in [0.2, 0.25) is 0 Å². The molecule has 0 aromatic heterocycles. The minimum atomic E-state index is -1.83. The normalized spacial score (nSPS) is 13.9. The monoisotopic (exact) mass is 274 g/mol. The molecule has 0 heterocycles. The Morgan fingerprint density at radius 2 is 1.85 bits per heavy atom. The van der Waals surface area contributed by atoms with Crippen LogP contribution in [-0.2, 0) is 10.4 Å². The topological polar surface area (TPSA) is 66.8 Å². The maximum absolute atomic E-state index is 11.4. The summed E-state index contributed by atoms with van der Waals surface area (Å²) in [5.74, 6) is -0.473. The molecule has 2 aromatic rings. The van der Waals surface area contributed by atoms with Gasteiger partial charge in [0.2, 0.25) is 0 Å². The summed E-state index contributed by atoms with van der Waals surface area (Å²) in [5, 5.41) is 21.5. The van der Waals surface area contributed by atoms with E-state index >= 15 is 0 Å². The number of ether oxygens (including phenoxy) is 1. The van der Waals surface area contributed by atoms with Crippen molar-refractivity contribution in [3.63, 3.8) is 0 Å². The molecular formula is C16H18O4. The smallest absolute Gasteiger partial charge is 0.340 e. The van der Waals surface area contributed by atoms with Gasteiger partial charge >= 0.3 is 5.97 Å². The Balaban J connectivity index is 2.52. The van der Waals surface area contributed by atoms with Crippen molar-refractivity contribution in [2.75, 3.05) is 7.11 Å². The molecule has 0 aliphatic heterocycles. The average molecular weight is 274 g/mol. The standard InChI is InChI=1S/C16H18O4/c1-3-8-16(19,15(17)18)13-6-4-12-10-14(20-2)7-5-11(12)9-13/h4-7,9-10,19H,3,8H2,1-2H3,(H,17,18). The summed E-state index contributed by atoms with van der Waals surface area (Å²) < 4.78 is 5.15. The Labute approximate surface area is 117 Å². The van der Waals surface area contributed by atoms with Gasteiger partial charge in [-0.15, -0.1) is 0 Å². The molecule has 20 heavy (non-hydrogen) atoms. The van der Waals surface area contributed by atoms with E-state index < -0.39 is 11.6 Å². The predicted molar refractivity (Wildman–Crippen MR) is 76.9 cm³/mol. The van der Waals surface area contributed by atoms with Gasteiger partial charge in [-0.2, -0.15) is 0 Å². The molecule has 106 valence electrons. The second-order valence-electron chi connectivity index (χ2n) is 4.84. The largest absolute Gasteiger partial charge is 0.497 e. The molecule has 0 aliphatic carbocycles. The lowest BCUT2D eigenvalue weighted by atomic mass is 9.88. The molecule has 2 N–H and O–H groups in total. The second-order valence-corrected chi connectivity index (χ2v) is 4.84.